The Bertz CT molecular complexity index is 723. The number of rotatable bonds is 3. The van der Waals surface area contributed by atoms with Gasteiger partial charge in [-0.15, -0.1) is 0 Å². The summed E-state index contributed by atoms with van der Waals surface area (Å²) in [5, 5.41) is 1.03. The van der Waals surface area contributed by atoms with Crippen molar-refractivity contribution in [3.05, 3.63) is 60.4 Å². The maximum absolute atomic E-state index is 10.8. The van der Waals surface area contributed by atoms with Crippen molar-refractivity contribution in [2.45, 2.75) is 6.42 Å². The molecule has 0 atom stereocenters. The summed E-state index contributed by atoms with van der Waals surface area (Å²) >= 11 is 0. The van der Waals surface area contributed by atoms with Crippen LogP contribution in [0.15, 0.2) is 54.9 Å². The first-order valence-electron chi connectivity index (χ1n) is 6.12. The van der Waals surface area contributed by atoms with E-state index in [-0.39, 0.29) is 0 Å². The second-order valence-corrected chi connectivity index (χ2v) is 4.26. The van der Waals surface area contributed by atoms with Gasteiger partial charge >= 0.3 is 0 Å². The fourth-order valence-electron chi connectivity index (χ4n) is 2.24. The fraction of sp³-hybridized carbons (Fsp3) is 0.0625. The molecule has 3 aromatic rings. The molecule has 19 heavy (non-hydrogen) atoms. The molecule has 3 rings (SSSR count). The maximum Gasteiger partial charge on any atom is 0.124 e. The largest absolute Gasteiger partial charge is 0.303 e. The summed E-state index contributed by atoms with van der Waals surface area (Å²) in [6.07, 6.45) is 4.78. The molecule has 3 heteroatoms. The highest BCUT2D eigenvalue weighted by Gasteiger charge is 2.11. The Kier molecular flexibility index (Phi) is 3.02. The summed E-state index contributed by atoms with van der Waals surface area (Å²) in [4.78, 5) is 19.6. The van der Waals surface area contributed by atoms with Crippen molar-refractivity contribution in [3.8, 4) is 11.3 Å². The second kappa shape index (κ2) is 4.98. The zero-order valence-electron chi connectivity index (χ0n) is 10.3. The Morgan fingerprint density at radius 2 is 1.84 bits per heavy atom. The zero-order chi connectivity index (χ0) is 13.1. The summed E-state index contributed by atoms with van der Waals surface area (Å²) in [7, 11) is 0. The molecule has 3 nitrogen and oxygen atoms in total. The van der Waals surface area contributed by atoms with Crippen LogP contribution in [0.2, 0.25) is 0 Å². The number of aromatic nitrogens is 2. The van der Waals surface area contributed by atoms with Crippen LogP contribution in [-0.4, -0.2) is 16.3 Å². The van der Waals surface area contributed by atoms with Gasteiger partial charge in [0.25, 0.3) is 0 Å². The third kappa shape index (κ3) is 2.10. The van der Waals surface area contributed by atoms with Crippen LogP contribution in [-0.2, 0) is 11.2 Å². The highest BCUT2D eigenvalue weighted by molar-refractivity contribution is 5.95. The lowest BCUT2D eigenvalue weighted by molar-refractivity contribution is -0.107. The van der Waals surface area contributed by atoms with Gasteiger partial charge in [0.1, 0.15) is 6.29 Å². The number of para-hydroxylation sites is 1. The minimum absolute atomic E-state index is 0.351. The molecule has 0 aliphatic rings. The Morgan fingerprint density at radius 3 is 2.63 bits per heavy atom. The summed E-state index contributed by atoms with van der Waals surface area (Å²) in [5.41, 5.74) is 3.70. The molecular formula is C16H12N2O. The molecule has 92 valence electrons. The highest BCUT2D eigenvalue weighted by Crippen LogP contribution is 2.29. The first-order valence-corrected chi connectivity index (χ1v) is 6.12. The van der Waals surface area contributed by atoms with Gasteiger partial charge in [-0.1, -0.05) is 24.3 Å². The van der Waals surface area contributed by atoms with Crippen molar-refractivity contribution in [2.24, 2.45) is 0 Å². The predicted molar refractivity (Wildman–Crippen MR) is 74.7 cm³/mol. The number of hydrogen-bond donors (Lipinski definition) is 0. The molecule has 0 N–H and O–H groups in total. The average molecular weight is 248 g/mol. The summed E-state index contributed by atoms with van der Waals surface area (Å²) in [6, 6.07) is 13.7. The molecule has 2 aromatic heterocycles. The van der Waals surface area contributed by atoms with Gasteiger partial charge in [0, 0.05) is 29.8 Å². The molecule has 0 radical (unpaired) electrons. The molecule has 0 unspecified atom stereocenters. The molecule has 2 heterocycles. The van der Waals surface area contributed by atoms with Gasteiger partial charge in [0.05, 0.1) is 11.2 Å². The van der Waals surface area contributed by atoms with E-state index in [1.807, 2.05) is 42.5 Å². The van der Waals surface area contributed by atoms with E-state index in [0.29, 0.717) is 6.42 Å². The topological polar surface area (TPSA) is 42.9 Å². The Labute approximate surface area is 111 Å². The Balaban J connectivity index is 2.35. The van der Waals surface area contributed by atoms with Crippen molar-refractivity contribution in [1.82, 2.24) is 9.97 Å². The smallest absolute Gasteiger partial charge is 0.124 e. The molecule has 1 aromatic carbocycles. The average Bonchev–Trinajstić information content (AvgIpc) is 2.48. The molecule has 0 amide bonds. The monoisotopic (exact) mass is 248 g/mol. The van der Waals surface area contributed by atoms with Crippen molar-refractivity contribution in [2.75, 3.05) is 0 Å². The molecule has 0 saturated heterocycles. The number of carbonyl (C=O) groups is 1. The lowest BCUT2D eigenvalue weighted by Crippen LogP contribution is -1.96. The van der Waals surface area contributed by atoms with Crippen molar-refractivity contribution in [3.63, 3.8) is 0 Å². The highest BCUT2D eigenvalue weighted by atomic mass is 16.1. The molecular weight excluding hydrogens is 236 g/mol. The number of fused-ring (bicyclic) bond motifs is 1. The number of aldehydes is 1. The van der Waals surface area contributed by atoms with E-state index in [0.717, 1.165) is 34.0 Å². The first-order chi connectivity index (χ1) is 9.40. The van der Waals surface area contributed by atoms with Gasteiger partial charge in [-0.25, -0.2) is 0 Å². The molecule has 0 bridgehead atoms. The van der Waals surface area contributed by atoms with Gasteiger partial charge in [0.2, 0.25) is 0 Å². The lowest BCUT2D eigenvalue weighted by atomic mass is 9.98. The van der Waals surface area contributed by atoms with Crippen LogP contribution in [0, 0.1) is 0 Å². The summed E-state index contributed by atoms with van der Waals surface area (Å²) < 4.78 is 0. The van der Waals surface area contributed by atoms with E-state index in [1.54, 1.807) is 12.4 Å². The quantitative estimate of drug-likeness (QED) is 0.669. The number of hydrogen-bond acceptors (Lipinski definition) is 3. The van der Waals surface area contributed by atoms with E-state index >= 15 is 0 Å². The SMILES string of the molecule is O=CCc1cnc2ccccc2c1-c1ccccn1. The lowest BCUT2D eigenvalue weighted by Gasteiger charge is -2.10. The zero-order valence-corrected chi connectivity index (χ0v) is 10.3. The Hall–Kier alpha value is -2.55. The third-order valence-electron chi connectivity index (χ3n) is 3.08. The predicted octanol–water partition coefficient (Wildman–Crippen LogP) is 3.04. The number of pyridine rings is 2. The van der Waals surface area contributed by atoms with Crippen molar-refractivity contribution in [1.29, 1.82) is 0 Å². The van der Waals surface area contributed by atoms with E-state index in [4.69, 9.17) is 0 Å². The van der Waals surface area contributed by atoms with Crippen molar-refractivity contribution >= 4 is 17.2 Å². The fourth-order valence-corrected chi connectivity index (χ4v) is 2.24. The van der Waals surface area contributed by atoms with Crippen LogP contribution in [0.3, 0.4) is 0 Å². The van der Waals surface area contributed by atoms with Crippen LogP contribution in [0.4, 0.5) is 0 Å². The maximum atomic E-state index is 10.8. The van der Waals surface area contributed by atoms with Crippen molar-refractivity contribution < 1.29 is 4.79 Å². The van der Waals surface area contributed by atoms with Crippen LogP contribution in [0.5, 0.6) is 0 Å². The molecule has 0 saturated carbocycles. The summed E-state index contributed by atoms with van der Waals surface area (Å²) in [5.74, 6) is 0. The number of nitrogens with zero attached hydrogens (tertiary/aromatic N) is 2. The van der Waals surface area contributed by atoms with Crippen LogP contribution >= 0.6 is 0 Å². The van der Waals surface area contributed by atoms with E-state index < -0.39 is 0 Å². The minimum atomic E-state index is 0.351. The third-order valence-corrected chi connectivity index (χ3v) is 3.08. The van der Waals surface area contributed by atoms with E-state index in [1.165, 1.54) is 0 Å². The first kappa shape index (κ1) is 11.5. The van der Waals surface area contributed by atoms with Gasteiger partial charge in [-0.2, -0.15) is 0 Å². The number of carbonyl (C=O) groups excluding carboxylic acids is 1. The van der Waals surface area contributed by atoms with E-state index in [2.05, 4.69) is 9.97 Å². The van der Waals surface area contributed by atoms with E-state index in [9.17, 15) is 4.79 Å². The molecule has 0 spiro atoms. The molecule has 0 aliphatic carbocycles. The van der Waals surface area contributed by atoms with Gasteiger partial charge in [-0.05, 0) is 23.8 Å². The molecule has 0 fully saturated rings. The Morgan fingerprint density at radius 1 is 1.00 bits per heavy atom. The van der Waals surface area contributed by atoms with Gasteiger partial charge in [0.15, 0.2) is 0 Å². The minimum Gasteiger partial charge on any atom is -0.303 e. The van der Waals surface area contributed by atoms with Gasteiger partial charge < -0.3 is 4.79 Å². The van der Waals surface area contributed by atoms with Crippen LogP contribution in [0.1, 0.15) is 5.56 Å². The molecule has 0 aliphatic heterocycles. The number of benzene rings is 1. The standard InChI is InChI=1S/C16H12N2O/c19-10-8-12-11-18-14-6-2-1-5-13(14)16(12)15-7-3-4-9-17-15/h1-7,9-11H,8H2. The normalized spacial score (nSPS) is 10.5. The van der Waals surface area contributed by atoms with Gasteiger partial charge in [-0.3, -0.25) is 9.97 Å². The summed E-state index contributed by atoms with van der Waals surface area (Å²) in [6.45, 7) is 0. The van der Waals surface area contributed by atoms with Crippen LogP contribution < -0.4 is 0 Å². The van der Waals surface area contributed by atoms with Crippen LogP contribution in [0.25, 0.3) is 22.2 Å². The second-order valence-electron chi connectivity index (χ2n) is 4.26.